The Morgan fingerprint density at radius 2 is 1.89 bits per heavy atom. The van der Waals surface area contributed by atoms with Gasteiger partial charge in [-0.05, 0) is 67.8 Å². The minimum atomic E-state index is 0.0544. The molecule has 1 aliphatic heterocycles. The van der Waals surface area contributed by atoms with Crippen LogP contribution in [0.1, 0.15) is 66.2 Å². The standard InChI is InChI=1S/C23H36N2O2/c1-14(2)21(27)24-18-8-7-16-15-6-9-19-23(4,13-11-20(26)25(19)5)17(15)10-12-22(16,18)3/h11,13-19H,6-10,12H2,1-5H3,(H,24,27)/t15-,16-,17-,18-,19+,22-,23+/m0/s1. The fourth-order valence-electron chi connectivity index (χ4n) is 7.31. The number of carbonyl (C=O) groups excluding carboxylic acids is 2. The number of carbonyl (C=O) groups is 2. The lowest BCUT2D eigenvalue weighted by Gasteiger charge is -2.60. The van der Waals surface area contributed by atoms with E-state index >= 15 is 0 Å². The largest absolute Gasteiger partial charge is 0.353 e. The first kappa shape index (κ1) is 19.0. The monoisotopic (exact) mass is 372 g/mol. The molecular formula is C23H36N2O2. The number of rotatable bonds is 2. The summed E-state index contributed by atoms with van der Waals surface area (Å²) in [6, 6.07) is 0.675. The molecular weight excluding hydrogens is 336 g/mol. The number of hydrogen-bond donors (Lipinski definition) is 1. The predicted octanol–water partition coefficient (Wildman–Crippen LogP) is 3.77. The van der Waals surface area contributed by atoms with Gasteiger partial charge < -0.3 is 10.2 Å². The summed E-state index contributed by atoms with van der Waals surface area (Å²) in [4.78, 5) is 26.5. The molecule has 4 nitrogen and oxygen atoms in total. The van der Waals surface area contributed by atoms with Crippen molar-refractivity contribution in [2.45, 2.75) is 78.3 Å². The van der Waals surface area contributed by atoms with Crippen LogP contribution >= 0.6 is 0 Å². The van der Waals surface area contributed by atoms with Crippen molar-refractivity contribution in [2.24, 2.45) is 34.5 Å². The maximum Gasteiger partial charge on any atom is 0.246 e. The fourth-order valence-corrected chi connectivity index (χ4v) is 7.31. The third kappa shape index (κ3) is 2.69. The van der Waals surface area contributed by atoms with E-state index in [0.717, 1.165) is 18.8 Å². The molecule has 150 valence electrons. The van der Waals surface area contributed by atoms with Gasteiger partial charge in [-0.3, -0.25) is 9.59 Å². The van der Waals surface area contributed by atoms with Crippen molar-refractivity contribution in [3.63, 3.8) is 0 Å². The average molecular weight is 373 g/mol. The normalized spacial score (nSPS) is 46.1. The van der Waals surface area contributed by atoms with Crippen molar-refractivity contribution in [3.8, 4) is 0 Å². The van der Waals surface area contributed by atoms with Crippen LogP contribution < -0.4 is 5.32 Å². The molecule has 0 aromatic carbocycles. The maximum absolute atomic E-state index is 12.3. The number of fused-ring (bicyclic) bond motifs is 5. The van der Waals surface area contributed by atoms with Crippen molar-refractivity contribution >= 4 is 11.8 Å². The number of nitrogens with zero attached hydrogens (tertiary/aromatic N) is 1. The molecule has 4 rings (SSSR count). The Balaban J connectivity index is 1.58. The lowest BCUT2D eigenvalue weighted by atomic mass is 9.48. The van der Waals surface area contributed by atoms with E-state index in [1.807, 2.05) is 31.9 Å². The Labute approximate surface area is 164 Å². The van der Waals surface area contributed by atoms with Crippen LogP contribution in [0, 0.1) is 34.5 Å². The van der Waals surface area contributed by atoms with Crippen molar-refractivity contribution in [1.82, 2.24) is 10.2 Å². The molecule has 0 aromatic heterocycles. The highest BCUT2D eigenvalue weighted by molar-refractivity contribution is 5.89. The highest BCUT2D eigenvalue weighted by Gasteiger charge is 2.60. The van der Waals surface area contributed by atoms with Gasteiger partial charge in [0.1, 0.15) is 0 Å². The second-order valence-corrected chi connectivity index (χ2v) is 10.5. The highest BCUT2D eigenvalue weighted by Crippen LogP contribution is 2.63. The van der Waals surface area contributed by atoms with Gasteiger partial charge in [0.25, 0.3) is 0 Å². The van der Waals surface area contributed by atoms with E-state index in [2.05, 4.69) is 25.2 Å². The summed E-state index contributed by atoms with van der Waals surface area (Å²) in [6.45, 7) is 8.79. The van der Waals surface area contributed by atoms with E-state index in [-0.39, 0.29) is 28.6 Å². The van der Waals surface area contributed by atoms with Gasteiger partial charge in [-0.1, -0.05) is 33.8 Å². The maximum atomic E-state index is 12.3. The molecule has 4 heteroatoms. The Hall–Kier alpha value is -1.32. The van der Waals surface area contributed by atoms with Crippen LogP contribution in [0.15, 0.2) is 12.2 Å². The van der Waals surface area contributed by atoms with E-state index in [1.54, 1.807) is 0 Å². The van der Waals surface area contributed by atoms with Crippen molar-refractivity contribution in [1.29, 1.82) is 0 Å². The van der Waals surface area contributed by atoms with Crippen molar-refractivity contribution in [3.05, 3.63) is 12.2 Å². The van der Waals surface area contributed by atoms with Crippen LogP contribution in [0.2, 0.25) is 0 Å². The summed E-state index contributed by atoms with van der Waals surface area (Å²) in [7, 11) is 1.98. The number of hydrogen-bond acceptors (Lipinski definition) is 2. The lowest BCUT2D eigenvalue weighted by molar-refractivity contribution is -0.138. The third-order valence-corrected chi connectivity index (χ3v) is 8.97. The van der Waals surface area contributed by atoms with Gasteiger partial charge in [0, 0.05) is 30.5 Å². The van der Waals surface area contributed by atoms with Gasteiger partial charge >= 0.3 is 0 Å². The van der Waals surface area contributed by atoms with Crippen molar-refractivity contribution in [2.75, 3.05) is 7.05 Å². The van der Waals surface area contributed by atoms with Crippen LogP contribution in [0.25, 0.3) is 0 Å². The van der Waals surface area contributed by atoms with Gasteiger partial charge in [0.2, 0.25) is 11.8 Å². The minimum Gasteiger partial charge on any atom is -0.353 e. The van der Waals surface area contributed by atoms with Crippen LogP contribution in [-0.2, 0) is 9.59 Å². The number of amides is 2. The first-order valence-corrected chi connectivity index (χ1v) is 10.9. The highest BCUT2D eigenvalue weighted by atomic mass is 16.2. The SMILES string of the molecule is CC(C)C(=O)N[C@H]1CC[C@H]2[C@@H]3CC[C@H]4N(C)C(=O)C=C[C@]4(C)[C@H]3CC[C@]12C. The Kier molecular flexibility index (Phi) is 4.47. The summed E-state index contributed by atoms with van der Waals surface area (Å²) in [5.41, 5.74) is 0.335. The van der Waals surface area contributed by atoms with E-state index < -0.39 is 0 Å². The lowest BCUT2D eigenvalue weighted by Crippen LogP contribution is -2.60. The first-order valence-electron chi connectivity index (χ1n) is 10.9. The molecule has 3 fully saturated rings. The zero-order chi connectivity index (χ0) is 19.6. The minimum absolute atomic E-state index is 0.0544. The Morgan fingerprint density at radius 1 is 1.15 bits per heavy atom. The molecule has 0 spiro atoms. The van der Waals surface area contributed by atoms with Crippen LogP contribution in [-0.4, -0.2) is 35.8 Å². The second-order valence-electron chi connectivity index (χ2n) is 10.5. The molecule has 0 radical (unpaired) electrons. The molecule has 1 heterocycles. The smallest absolute Gasteiger partial charge is 0.246 e. The quantitative estimate of drug-likeness (QED) is 0.802. The van der Waals surface area contributed by atoms with Gasteiger partial charge in [-0.25, -0.2) is 0 Å². The number of nitrogens with one attached hydrogen (secondary N) is 1. The van der Waals surface area contributed by atoms with Crippen LogP contribution in [0.5, 0.6) is 0 Å². The summed E-state index contributed by atoms with van der Waals surface area (Å²) in [6.07, 6.45) is 11.2. The summed E-state index contributed by atoms with van der Waals surface area (Å²) in [5.74, 6) is 2.49. The summed E-state index contributed by atoms with van der Waals surface area (Å²) in [5, 5.41) is 3.39. The zero-order valence-corrected chi connectivity index (χ0v) is 17.6. The fraction of sp³-hybridized carbons (Fsp3) is 0.826. The molecule has 0 unspecified atom stereocenters. The summed E-state index contributed by atoms with van der Waals surface area (Å²) >= 11 is 0. The van der Waals surface area contributed by atoms with E-state index in [9.17, 15) is 9.59 Å². The molecule has 3 saturated carbocycles. The van der Waals surface area contributed by atoms with Crippen molar-refractivity contribution < 1.29 is 9.59 Å². The predicted molar refractivity (Wildman–Crippen MR) is 107 cm³/mol. The first-order chi connectivity index (χ1) is 12.7. The molecule has 0 saturated heterocycles. The third-order valence-electron chi connectivity index (χ3n) is 8.97. The van der Waals surface area contributed by atoms with Crippen LogP contribution in [0.3, 0.4) is 0 Å². The Bertz CT molecular complexity index is 671. The van der Waals surface area contributed by atoms with E-state index in [1.165, 1.54) is 25.7 Å². The molecule has 0 bridgehead atoms. The van der Waals surface area contributed by atoms with E-state index in [4.69, 9.17) is 0 Å². The second kappa shape index (κ2) is 6.35. The molecule has 1 N–H and O–H groups in total. The average Bonchev–Trinajstić information content (AvgIpc) is 2.95. The van der Waals surface area contributed by atoms with Gasteiger partial charge in [-0.2, -0.15) is 0 Å². The van der Waals surface area contributed by atoms with Gasteiger partial charge in [0.05, 0.1) is 0 Å². The number of likely N-dealkylation sites (N-methyl/N-ethyl adjacent to an activating group) is 1. The summed E-state index contributed by atoms with van der Waals surface area (Å²) < 4.78 is 0. The van der Waals surface area contributed by atoms with Crippen LogP contribution in [0.4, 0.5) is 0 Å². The van der Waals surface area contributed by atoms with E-state index in [0.29, 0.717) is 23.9 Å². The molecule has 2 amide bonds. The van der Waals surface area contributed by atoms with Gasteiger partial charge in [-0.15, -0.1) is 0 Å². The topological polar surface area (TPSA) is 49.4 Å². The molecule has 4 aliphatic rings. The molecule has 3 aliphatic carbocycles. The molecule has 27 heavy (non-hydrogen) atoms. The van der Waals surface area contributed by atoms with Gasteiger partial charge in [0.15, 0.2) is 0 Å². The molecule has 7 atom stereocenters. The zero-order valence-electron chi connectivity index (χ0n) is 17.6. The Morgan fingerprint density at radius 3 is 2.59 bits per heavy atom. The molecule has 0 aromatic rings.